The summed E-state index contributed by atoms with van der Waals surface area (Å²) in [5, 5.41) is 3.20. The van der Waals surface area contributed by atoms with E-state index < -0.39 is 0 Å². The maximum Gasteiger partial charge on any atom is 0.357 e. The van der Waals surface area contributed by atoms with Crippen molar-refractivity contribution in [2.45, 2.75) is 65.0 Å². The summed E-state index contributed by atoms with van der Waals surface area (Å²) in [5.41, 5.74) is 0.388. The molecule has 0 amide bonds. The van der Waals surface area contributed by atoms with Gasteiger partial charge in [-0.05, 0) is 51.2 Å². The van der Waals surface area contributed by atoms with Crippen LogP contribution in [0.4, 0.5) is 5.82 Å². The Morgan fingerprint density at radius 3 is 2.95 bits per heavy atom. The average Bonchev–Trinajstić information content (AvgIpc) is 2.47. The Hall–Kier alpha value is -1.58. The van der Waals surface area contributed by atoms with Gasteiger partial charge in [-0.3, -0.25) is 0 Å². The number of carbonyl (C=O) groups is 1. The Morgan fingerprint density at radius 2 is 2.24 bits per heavy atom. The number of aromatic nitrogens is 1. The minimum atomic E-state index is -0.302. The van der Waals surface area contributed by atoms with Crippen molar-refractivity contribution >= 4 is 11.8 Å². The maximum atomic E-state index is 12.2. The van der Waals surface area contributed by atoms with Crippen LogP contribution in [0.3, 0.4) is 0 Å². The first-order valence-corrected chi connectivity index (χ1v) is 8.03. The number of nitrogens with zero attached hydrogens (tertiary/aromatic N) is 1. The van der Waals surface area contributed by atoms with E-state index >= 15 is 0 Å². The van der Waals surface area contributed by atoms with Crippen molar-refractivity contribution in [3.05, 3.63) is 23.9 Å². The van der Waals surface area contributed by atoms with E-state index in [0.717, 1.165) is 25.1 Å². The highest BCUT2D eigenvalue weighted by Crippen LogP contribution is 2.28. The van der Waals surface area contributed by atoms with Gasteiger partial charge in [0, 0.05) is 6.04 Å². The molecule has 1 aromatic rings. The third-order valence-corrected chi connectivity index (χ3v) is 3.98. The lowest BCUT2D eigenvalue weighted by molar-refractivity contribution is 0.0133. The third-order valence-electron chi connectivity index (χ3n) is 3.98. The van der Waals surface area contributed by atoms with Crippen molar-refractivity contribution in [3.63, 3.8) is 0 Å². The molecule has 0 radical (unpaired) electrons. The smallest absolute Gasteiger partial charge is 0.357 e. The van der Waals surface area contributed by atoms with E-state index in [4.69, 9.17) is 4.74 Å². The largest absolute Gasteiger partial charge is 0.458 e. The van der Waals surface area contributed by atoms with Crippen LogP contribution < -0.4 is 5.32 Å². The molecule has 1 aromatic heterocycles. The van der Waals surface area contributed by atoms with Gasteiger partial charge in [0.25, 0.3) is 0 Å². The summed E-state index contributed by atoms with van der Waals surface area (Å²) in [4.78, 5) is 16.6. The Labute approximate surface area is 127 Å². The fourth-order valence-corrected chi connectivity index (χ4v) is 2.86. The number of hydrogen-bond donors (Lipinski definition) is 1. The van der Waals surface area contributed by atoms with Crippen LogP contribution in [0.25, 0.3) is 0 Å². The fourth-order valence-electron chi connectivity index (χ4n) is 2.86. The molecule has 1 heterocycles. The molecule has 2 unspecified atom stereocenters. The van der Waals surface area contributed by atoms with E-state index in [9.17, 15) is 4.79 Å². The van der Waals surface area contributed by atoms with Crippen molar-refractivity contribution < 1.29 is 9.53 Å². The van der Waals surface area contributed by atoms with Crippen LogP contribution >= 0.6 is 0 Å². The highest BCUT2D eigenvalue weighted by Gasteiger charge is 2.24. The number of rotatable bonds is 5. The molecule has 1 N–H and O–H groups in total. The molecule has 0 saturated heterocycles. The van der Waals surface area contributed by atoms with Crippen LogP contribution in [0.2, 0.25) is 0 Å². The molecule has 0 aromatic carbocycles. The molecule has 4 nitrogen and oxygen atoms in total. The number of nitrogens with one attached hydrogen (secondary N) is 1. The SMILES string of the molecule is CCC1CCCC(OC(=O)c2cccc(NC(C)C)n2)C1. The highest BCUT2D eigenvalue weighted by molar-refractivity contribution is 5.87. The summed E-state index contributed by atoms with van der Waals surface area (Å²) >= 11 is 0. The number of pyridine rings is 1. The van der Waals surface area contributed by atoms with E-state index in [2.05, 4.69) is 17.2 Å². The molecular weight excluding hydrogens is 264 g/mol. The predicted octanol–water partition coefficient (Wildman–Crippen LogP) is 4.03. The van der Waals surface area contributed by atoms with Crippen LogP contribution in [0.15, 0.2) is 18.2 Å². The summed E-state index contributed by atoms with van der Waals surface area (Å²) in [7, 11) is 0. The standard InChI is InChI=1S/C17H26N2O2/c1-4-13-7-5-8-14(11-13)21-17(20)15-9-6-10-16(19-15)18-12(2)3/h6,9-10,12-14H,4-5,7-8,11H2,1-3H3,(H,18,19). The number of esters is 1. The maximum absolute atomic E-state index is 12.2. The van der Waals surface area contributed by atoms with Crippen LogP contribution in [0.1, 0.15) is 63.4 Å². The van der Waals surface area contributed by atoms with E-state index in [1.54, 1.807) is 6.07 Å². The second-order valence-corrected chi connectivity index (χ2v) is 6.18. The van der Waals surface area contributed by atoms with E-state index in [0.29, 0.717) is 11.6 Å². The van der Waals surface area contributed by atoms with Gasteiger partial charge in [-0.25, -0.2) is 9.78 Å². The molecular formula is C17H26N2O2. The lowest BCUT2D eigenvalue weighted by Gasteiger charge is -2.28. The van der Waals surface area contributed by atoms with Gasteiger partial charge in [-0.1, -0.05) is 25.8 Å². The fraction of sp³-hybridized carbons (Fsp3) is 0.647. The van der Waals surface area contributed by atoms with Gasteiger partial charge in [-0.2, -0.15) is 0 Å². The normalized spacial score (nSPS) is 22.1. The molecule has 21 heavy (non-hydrogen) atoms. The molecule has 1 saturated carbocycles. The van der Waals surface area contributed by atoms with Crippen molar-refractivity contribution in [1.29, 1.82) is 0 Å². The molecule has 1 fully saturated rings. The molecule has 116 valence electrons. The Balaban J connectivity index is 1.96. The Bertz CT molecular complexity index is 474. The summed E-state index contributed by atoms with van der Waals surface area (Å²) < 4.78 is 5.64. The Kier molecular flexibility index (Phi) is 5.59. The summed E-state index contributed by atoms with van der Waals surface area (Å²) in [6.45, 7) is 6.29. The van der Waals surface area contributed by atoms with Gasteiger partial charge in [0.05, 0.1) is 0 Å². The first kappa shape index (κ1) is 15.8. The number of ether oxygens (including phenoxy) is 1. The zero-order valence-electron chi connectivity index (χ0n) is 13.3. The zero-order valence-corrected chi connectivity index (χ0v) is 13.3. The summed E-state index contributed by atoms with van der Waals surface area (Å²) in [6, 6.07) is 5.70. The molecule has 1 aliphatic carbocycles. The van der Waals surface area contributed by atoms with Gasteiger partial charge in [0.2, 0.25) is 0 Å². The van der Waals surface area contributed by atoms with Gasteiger partial charge >= 0.3 is 5.97 Å². The summed E-state index contributed by atoms with van der Waals surface area (Å²) in [5.74, 6) is 1.11. The van der Waals surface area contributed by atoms with Crippen LogP contribution in [0, 0.1) is 5.92 Å². The van der Waals surface area contributed by atoms with Crippen molar-refractivity contribution in [3.8, 4) is 0 Å². The van der Waals surface area contributed by atoms with Gasteiger partial charge in [0.15, 0.2) is 5.69 Å². The number of carbonyl (C=O) groups excluding carboxylic acids is 1. The predicted molar refractivity (Wildman–Crippen MR) is 84.4 cm³/mol. The van der Waals surface area contributed by atoms with Crippen molar-refractivity contribution in [2.24, 2.45) is 5.92 Å². The summed E-state index contributed by atoms with van der Waals surface area (Å²) in [6.07, 6.45) is 5.60. The topological polar surface area (TPSA) is 51.2 Å². The quantitative estimate of drug-likeness (QED) is 0.832. The molecule has 0 spiro atoms. The lowest BCUT2D eigenvalue weighted by Crippen LogP contribution is -2.26. The minimum absolute atomic E-state index is 0.0553. The molecule has 0 bridgehead atoms. The first-order chi connectivity index (χ1) is 10.1. The van der Waals surface area contributed by atoms with Crippen LogP contribution in [-0.4, -0.2) is 23.1 Å². The molecule has 2 rings (SSSR count). The highest BCUT2D eigenvalue weighted by atomic mass is 16.5. The van der Waals surface area contributed by atoms with Crippen LogP contribution in [-0.2, 0) is 4.74 Å². The average molecular weight is 290 g/mol. The van der Waals surface area contributed by atoms with E-state index in [1.165, 1.54) is 12.8 Å². The van der Waals surface area contributed by atoms with Crippen molar-refractivity contribution in [1.82, 2.24) is 4.98 Å². The lowest BCUT2D eigenvalue weighted by atomic mass is 9.85. The molecule has 1 aliphatic rings. The second kappa shape index (κ2) is 7.43. The van der Waals surface area contributed by atoms with Crippen LogP contribution in [0.5, 0.6) is 0 Å². The first-order valence-electron chi connectivity index (χ1n) is 8.03. The van der Waals surface area contributed by atoms with Gasteiger partial charge in [-0.15, -0.1) is 0 Å². The molecule has 4 heteroatoms. The minimum Gasteiger partial charge on any atom is -0.458 e. The van der Waals surface area contributed by atoms with Gasteiger partial charge < -0.3 is 10.1 Å². The second-order valence-electron chi connectivity index (χ2n) is 6.18. The number of hydrogen-bond acceptors (Lipinski definition) is 4. The molecule has 0 aliphatic heterocycles. The Morgan fingerprint density at radius 1 is 1.43 bits per heavy atom. The van der Waals surface area contributed by atoms with Gasteiger partial charge in [0.1, 0.15) is 11.9 Å². The van der Waals surface area contributed by atoms with Crippen molar-refractivity contribution in [2.75, 3.05) is 5.32 Å². The molecule has 2 atom stereocenters. The van der Waals surface area contributed by atoms with E-state index in [-0.39, 0.29) is 18.1 Å². The monoisotopic (exact) mass is 290 g/mol. The van der Waals surface area contributed by atoms with E-state index in [1.807, 2.05) is 26.0 Å². The zero-order chi connectivity index (χ0) is 15.2. The third kappa shape index (κ3) is 4.73. The number of anilines is 1.